The number of rotatable bonds is 0. The van der Waals surface area contributed by atoms with E-state index in [9.17, 15) is 0 Å². The van der Waals surface area contributed by atoms with Gasteiger partial charge in [0.05, 0.1) is 19.1 Å². The van der Waals surface area contributed by atoms with Gasteiger partial charge in [-0.25, -0.2) is 0 Å². The summed E-state index contributed by atoms with van der Waals surface area (Å²) in [4.78, 5) is 0. The van der Waals surface area contributed by atoms with Crippen molar-refractivity contribution in [2.75, 3.05) is 13.2 Å². The molecule has 0 fully saturated rings. The Hall–Kier alpha value is -1.18. The Morgan fingerprint density at radius 2 is 1.92 bits per heavy atom. The summed E-state index contributed by atoms with van der Waals surface area (Å²) in [7, 11) is 0. The fourth-order valence-corrected chi connectivity index (χ4v) is 0.835. The molecule has 66 valence electrons. The van der Waals surface area contributed by atoms with Crippen LogP contribution in [0, 0.1) is 0 Å². The fraction of sp³-hybridized carbons (Fsp3) is 0.400. The average molecular weight is 166 g/mol. The van der Waals surface area contributed by atoms with Crippen LogP contribution in [0.1, 0.15) is 12.8 Å². The highest BCUT2D eigenvalue weighted by Crippen LogP contribution is 1.97. The number of hydrogen-bond acceptors (Lipinski definition) is 2. The van der Waals surface area contributed by atoms with Crippen molar-refractivity contribution in [1.82, 2.24) is 0 Å². The summed E-state index contributed by atoms with van der Waals surface area (Å²) in [5, 5.41) is 0. The molecule has 2 aliphatic heterocycles. The molecule has 0 aromatic rings. The summed E-state index contributed by atoms with van der Waals surface area (Å²) in [6.45, 7) is 1.65. The monoisotopic (exact) mass is 166 g/mol. The van der Waals surface area contributed by atoms with Crippen molar-refractivity contribution in [1.29, 1.82) is 0 Å². The van der Waals surface area contributed by atoms with E-state index in [2.05, 4.69) is 0 Å². The van der Waals surface area contributed by atoms with Crippen molar-refractivity contribution >= 4 is 0 Å². The molecule has 0 aromatic heterocycles. The first-order valence-corrected chi connectivity index (χ1v) is 4.20. The van der Waals surface area contributed by atoms with Crippen molar-refractivity contribution in [2.24, 2.45) is 0 Å². The van der Waals surface area contributed by atoms with Crippen LogP contribution in [-0.4, -0.2) is 13.2 Å². The predicted octanol–water partition coefficient (Wildman–Crippen LogP) is 2.40. The van der Waals surface area contributed by atoms with Gasteiger partial charge in [0.15, 0.2) is 0 Å². The van der Waals surface area contributed by atoms with Crippen LogP contribution in [0.3, 0.4) is 0 Å². The molecular formula is C10H14O2. The molecule has 0 aliphatic carbocycles. The van der Waals surface area contributed by atoms with E-state index in [0.29, 0.717) is 0 Å². The van der Waals surface area contributed by atoms with E-state index in [1.54, 1.807) is 12.5 Å². The van der Waals surface area contributed by atoms with Crippen LogP contribution in [0.25, 0.3) is 0 Å². The SMILES string of the molecule is C1=CCOC=C1.C1=COCCC1. The topological polar surface area (TPSA) is 18.5 Å². The van der Waals surface area contributed by atoms with E-state index in [1.165, 1.54) is 12.8 Å². The third-order valence-corrected chi connectivity index (χ3v) is 1.44. The zero-order valence-electron chi connectivity index (χ0n) is 7.11. The minimum atomic E-state index is 0.733. The second-order valence-electron chi connectivity index (χ2n) is 2.47. The molecule has 0 saturated carbocycles. The average Bonchev–Trinajstić information content (AvgIpc) is 2.24. The molecule has 0 atom stereocenters. The summed E-state index contributed by atoms with van der Waals surface area (Å²) < 4.78 is 9.69. The zero-order valence-corrected chi connectivity index (χ0v) is 7.11. The molecule has 0 unspecified atom stereocenters. The number of hydrogen-bond donors (Lipinski definition) is 0. The van der Waals surface area contributed by atoms with Crippen molar-refractivity contribution in [3.63, 3.8) is 0 Å². The molecule has 0 saturated heterocycles. The van der Waals surface area contributed by atoms with Crippen LogP contribution in [0.5, 0.6) is 0 Å². The molecule has 0 amide bonds. The molecule has 0 bridgehead atoms. The van der Waals surface area contributed by atoms with Gasteiger partial charge < -0.3 is 9.47 Å². The van der Waals surface area contributed by atoms with Gasteiger partial charge in [-0.2, -0.15) is 0 Å². The standard InChI is InChI=1S/C5H8O.C5H6O/c2*1-2-4-6-5-3-1/h2,4H,1,3,5H2;1-4H,5H2. The highest BCUT2D eigenvalue weighted by atomic mass is 16.5. The Kier molecular flexibility index (Phi) is 4.85. The molecular weight excluding hydrogens is 152 g/mol. The maximum atomic E-state index is 4.89. The Bertz CT molecular complexity index is 160. The van der Waals surface area contributed by atoms with Crippen LogP contribution in [0.15, 0.2) is 36.8 Å². The van der Waals surface area contributed by atoms with Crippen molar-refractivity contribution in [3.8, 4) is 0 Å². The van der Waals surface area contributed by atoms with Crippen LogP contribution in [0.4, 0.5) is 0 Å². The maximum absolute atomic E-state index is 4.89. The van der Waals surface area contributed by atoms with Crippen LogP contribution in [0.2, 0.25) is 0 Å². The van der Waals surface area contributed by atoms with Gasteiger partial charge in [-0.15, -0.1) is 0 Å². The first-order chi connectivity index (χ1) is 6.00. The minimum Gasteiger partial charge on any atom is -0.502 e. The van der Waals surface area contributed by atoms with Gasteiger partial charge in [-0.05, 0) is 31.1 Å². The Morgan fingerprint density at radius 1 is 0.917 bits per heavy atom. The predicted molar refractivity (Wildman–Crippen MR) is 48.6 cm³/mol. The lowest BCUT2D eigenvalue weighted by Gasteiger charge is -2.01. The lowest BCUT2D eigenvalue weighted by atomic mass is 10.3. The highest BCUT2D eigenvalue weighted by Gasteiger charge is 1.86. The summed E-state index contributed by atoms with van der Waals surface area (Å²) in [5.41, 5.74) is 0. The molecule has 2 nitrogen and oxygen atoms in total. The Labute approximate surface area is 73.2 Å². The summed E-state index contributed by atoms with van der Waals surface area (Å²) in [5.74, 6) is 0. The Balaban J connectivity index is 0.000000120. The normalized spacial score (nSPS) is 18.7. The van der Waals surface area contributed by atoms with E-state index >= 15 is 0 Å². The minimum absolute atomic E-state index is 0.733. The van der Waals surface area contributed by atoms with Crippen LogP contribution in [-0.2, 0) is 9.47 Å². The van der Waals surface area contributed by atoms with Gasteiger partial charge in [0.25, 0.3) is 0 Å². The fourth-order valence-electron chi connectivity index (χ4n) is 0.835. The first-order valence-electron chi connectivity index (χ1n) is 4.20. The lowest BCUT2D eigenvalue weighted by molar-refractivity contribution is 0.231. The molecule has 0 spiro atoms. The van der Waals surface area contributed by atoms with E-state index in [4.69, 9.17) is 9.47 Å². The van der Waals surface area contributed by atoms with Gasteiger partial charge in [0.1, 0.15) is 6.61 Å². The van der Waals surface area contributed by atoms with Crippen molar-refractivity contribution < 1.29 is 9.47 Å². The maximum Gasteiger partial charge on any atom is 0.106 e. The first kappa shape index (κ1) is 8.91. The highest BCUT2D eigenvalue weighted by molar-refractivity contribution is 5.02. The van der Waals surface area contributed by atoms with Crippen molar-refractivity contribution in [3.05, 3.63) is 36.8 Å². The summed E-state index contributed by atoms with van der Waals surface area (Å²) >= 11 is 0. The molecule has 0 N–H and O–H groups in total. The van der Waals surface area contributed by atoms with Crippen molar-refractivity contribution in [2.45, 2.75) is 12.8 Å². The second-order valence-corrected chi connectivity index (χ2v) is 2.47. The van der Waals surface area contributed by atoms with Crippen LogP contribution >= 0.6 is 0 Å². The largest absolute Gasteiger partial charge is 0.502 e. The number of allylic oxidation sites excluding steroid dienone is 3. The quantitative estimate of drug-likeness (QED) is 0.550. The molecule has 2 heteroatoms. The zero-order chi connectivity index (χ0) is 8.49. The van der Waals surface area contributed by atoms with Gasteiger partial charge in [0.2, 0.25) is 0 Å². The van der Waals surface area contributed by atoms with Gasteiger partial charge in [-0.3, -0.25) is 0 Å². The van der Waals surface area contributed by atoms with E-state index in [1.807, 2.05) is 24.3 Å². The summed E-state index contributed by atoms with van der Waals surface area (Å²) in [6, 6.07) is 0. The van der Waals surface area contributed by atoms with Gasteiger partial charge >= 0.3 is 0 Å². The van der Waals surface area contributed by atoms with Crippen LogP contribution < -0.4 is 0 Å². The third kappa shape index (κ3) is 4.61. The molecule has 0 radical (unpaired) electrons. The van der Waals surface area contributed by atoms with E-state index in [0.717, 1.165) is 13.2 Å². The smallest absolute Gasteiger partial charge is 0.106 e. The van der Waals surface area contributed by atoms with E-state index < -0.39 is 0 Å². The van der Waals surface area contributed by atoms with Gasteiger partial charge in [0, 0.05) is 0 Å². The molecule has 2 heterocycles. The molecule has 0 aromatic carbocycles. The van der Waals surface area contributed by atoms with E-state index in [-0.39, 0.29) is 0 Å². The lowest BCUT2D eigenvalue weighted by Crippen LogP contribution is -1.90. The second kappa shape index (κ2) is 6.53. The molecule has 2 aliphatic rings. The molecule has 12 heavy (non-hydrogen) atoms. The Morgan fingerprint density at radius 3 is 2.08 bits per heavy atom. The summed E-state index contributed by atoms with van der Waals surface area (Å²) in [6.07, 6.45) is 13.7. The third-order valence-electron chi connectivity index (χ3n) is 1.44. The number of ether oxygens (including phenoxy) is 2. The molecule has 2 rings (SSSR count). The van der Waals surface area contributed by atoms with Gasteiger partial charge in [-0.1, -0.05) is 6.08 Å².